The van der Waals surface area contributed by atoms with Gasteiger partial charge >= 0.3 is 0 Å². The standard InChI is InChI=1S/C17H20N4OS/c1-4-20(10-8-18)16(22)12-23-17-19-9-11-21(17)15-7-5-6-13(2)14(15)3/h5-7,9,11H,4,10,12H2,1-3H3. The topological polar surface area (TPSA) is 61.9 Å². The zero-order valence-corrected chi connectivity index (χ0v) is 14.4. The molecule has 120 valence electrons. The van der Waals surface area contributed by atoms with E-state index in [4.69, 9.17) is 5.26 Å². The Morgan fingerprint density at radius 1 is 1.43 bits per heavy atom. The van der Waals surface area contributed by atoms with Crippen LogP contribution >= 0.6 is 11.8 Å². The number of imidazole rings is 1. The first-order chi connectivity index (χ1) is 11.1. The minimum absolute atomic E-state index is 0.0467. The summed E-state index contributed by atoms with van der Waals surface area (Å²) in [7, 11) is 0. The Bertz CT molecular complexity index is 732. The number of nitrogens with zero attached hydrogens (tertiary/aromatic N) is 4. The van der Waals surface area contributed by atoms with E-state index in [1.54, 1.807) is 6.20 Å². The van der Waals surface area contributed by atoms with Gasteiger partial charge in [-0.05, 0) is 38.0 Å². The molecule has 1 amide bonds. The average Bonchev–Trinajstić information content (AvgIpc) is 3.01. The molecule has 0 aliphatic heterocycles. The van der Waals surface area contributed by atoms with E-state index >= 15 is 0 Å². The predicted octanol–water partition coefficient (Wildman–Crippen LogP) is 2.95. The molecule has 0 unspecified atom stereocenters. The average molecular weight is 328 g/mol. The molecule has 0 spiro atoms. The molecule has 1 aromatic heterocycles. The van der Waals surface area contributed by atoms with E-state index in [0.29, 0.717) is 6.54 Å². The van der Waals surface area contributed by atoms with Crippen LogP contribution < -0.4 is 0 Å². The van der Waals surface area contributed by atoms with Crippen LogP contribution in [0.5, 0.6) is 0 Å². The molecule has 2 aromatic rings. The molecule has 5 nitrogen and oxygen atoms in total. The van der Waals surface area contributed by atoms with Crippen molar-refractivity contribution in [2.45, 2.75) is 25.9 Å². The molecule has 23 heavy (non-hydrogen) atoms. The molecule has 0 radical (unpaired) electrons. The lowest BCUT2D eigenvalue weighted by atomic mass is 10.1. The minimum Gasteiger partial charge on any atom is -0.329 e. The van der Waals surface area contributed by atoms with Crippen LogP contribution in [0.15, 0.2) is 35.7 Å². The first-order valence-electron chi connectivity index (χ1n) is 7.46. The van der Waals surface area contributed by atoms with Gasteiger partial charge in [-0.1, -0.05) is 23.9 Å². The number of hydrogen-bond acceptors (Lipinski definition) is 4. The van der Waals surface area contributed by atoms with Crippen LogP contribution in [0, 0.1) is 25.2 Å². The zero-order chi connectivity index (χ0) is 16.8. The van der Waals surface area contributed by atoms with Gasteiger partial charge in [0, 0.05) is 18.9 Å². The van der Waals surface area contributed by atoms with Crippen LogP contribution in [0.25, 0.3) is 5.69 Å². The Hall–Kier alpha value is -2.26. The van der Waals surface area contributed by atoms with E-state index in [9.17, 15) is 4.79 Å². The molecule has 0 N–H and O–H groups in total. The molecule has 1 aromatic carbocycles. The molecule has 0 atom stereocenters. The highest BCUT2D eigenvalue weighted by atomic mass is 32.2. The van der Waals surface area contributed by atoms with Crippen molar-refractivity contribution in [1.29, 1.82) is 5.26 Å². The first kappa shape index (κ1) is 17.1. The highest BCUT2D eigenvalue weighted by Gasteiger charge is 2.14. The van der Waals surface area contributed by atoms with Crippen LogP contribution in [-0.4, -0.2) is 39.2 Å². The van der Waals surface area contributed by atoms with E-state index in [0.717, 1.165) is 10.8 Å². The third-order valence-electron chi connectivity index (χ3n) is 3.76. The summed E-state index contributed by atoms with van der Waals surface area (Å²) in [5, 5.41) is 9.53. The summed E-state index contributed by atoms with van der Waals surface area (Å²) in [5.41, 5.74) is 3.48. The van der Waals surface area contributed by atoms with E-state index in [1.165, 1.54) is 27.8 Å². The van der Waals surface area contributed by atoms with Gasteiger partial charge in [-0.25, -0.2) is 4.98 Å². The molecule has 0 saturated heterocycles. The molecule has 0 bridgehead atoms. The smallest absolute Gasteiger partial charge is 0.233 e. The van der Waals surface area contributed by atoms with Crippen molar-refractivity contribution in [2.75, 3.05) is 18.8 Å². The number of benzene rings is 1. The predicted molar refractivity (Wildman–Crippen MR) is 91.6 cm³/mol. The number of carbonyl (C=O) groups excluding carboxylic acids is 1. The number of carbonyl (C=O) groups is 1. The van der Waals surface area contributed by atoms with Gasteiger partial charge in [-0.3, -0.25) is 9.36 Å². The van der Waals surface area contributed by atoms with Gasteiger partial charge in [0.25, 0.3) is 0 Å². The molecular weight excluding hydrogens is 308 g/mol. The van der Waals surface area contributed by atoms with Gasteiger partial charge in [-0.2, -0.15) is 5.26 Å². The summed E-state index contributed by atoms with van der Waals surface area (Å²) in [6, 6.07) is 8.16. The molecule has 6 heteroatoms. The second-order valence-electron chi connectivity index (χ2n) is 5.15. The van der Waals surface area contributed by atoms with Gasteiger partial charge in [-0.15, -0.1) is 0 Å². The Balaban J connectivity index is 2.15. The second kappa shape index (κ2) is 7.84. The molecule has 1 heterocycles. The van der Waals surface area contributed by atoms with Gasteiger partial charge in [0.1, 0.15) is 6.54 Å². The number of rotatable bonds is 6. The summed E-state index contributed by atoms with van der Waals surface area (Å²) in [4.78, 5) is 18.0. The quantitative estimate of drug-likeness (QED) is 0.604. The van der Waals surface area contributed by atoms with Crippen molar-refractivity contribution in [3.63, 3.8) is 0 Å². The molecule has 0 aliphatic carbocycles. The highest BCUT2D eigenvalue weighted by molar-refractivity contribution is 7.99. The van der Waals surface area contributed by atoms with Crippen LogP contribution in [0.2, 0.25) is 0 Å². The summed E-state index contributed by atoms with van der Waals surface area (Å²) < 4.78 is 2.00. The number of nitriles is 1. The molecule has 0 saturated carbocycles. The minimum atomic E-state index is -0.0467. The molecule has 0 aliphatic rings. The van der Waals surface area contributed by atoms with E-state index in [1.807, 2.05) is 35.9 Å². The summed E-state index contributed by atoms with van der Waals surface area (Å²) >= 11 is 1.39. The Labute approximate surface area is 140 Å². The van der Waals surface area contributed by atoms with Crippen LogP contribution in [0.4, 0.5) is 0 Å². The Kier molecular flexibility index (Phi) is 5.83. The third-order valence-corrected chi connectivity index (χ3v) is 4.71. The highest BCUT2D eigenvalue weighted by Crippen LogP contribution is 2.24. The van der Waals surface area contributed by atoms with E-state index in [-0.39, 0.29) is 18.2 Å². The van der Waals surface area contributed by atoms with Gasteiger partial charge < -0.3 is 4.90 Å². The lowest BCUT2D eigenvalue weighted by Crippen LogP contribution is -2.32. The first-order valence-corrected chi connectivity index (χ1v) is 8.44. The largest absolute Gasteiger partial charge is 0.329 e. The van der Waals surface area contributed by atoms with Gasteiger partial charge in [0.2, 0.25) is 5.91 Å². The van der Waals surface area contributed by atoms with Crippen molar-refractivity contribution in [2.24, 2.45) is 0 Å². The van der Waals surface area contributed by atoms with Crippen molar-refractivity contribution in [3.05, 3.63) is 41.7 Å². The van der Waals surface area contributed by atoms with Crippen molar-refractivity contribution >= 4 is 17.7 Å². The molecule has 0 fully saturated rings. The third kappa shape index (κ3) is 3.93. The van der Waals surface area contributed by atoms with Crippen molar-refractivity contribution < 1.29 is 4.79 Å². The Morgan fingerprint density at radius 2 is 2.22 bits per heavy atom. The maximum absolute atomic E-state index is 12.1. The SMILES string of the molecule is CCN(CC#N)C(=O)CSc1nccn1-c1cccc(C)c1C. The zero-order valence-electron chi connectivity index (χ0n) is 13.6. The lowest BCUT2D eigenvalue weighted by Gasteiger charge is -2.17. The number of thioether (sulfide) groups is 1. The fourth-order valence-corrected chi connectivity index (χ4v) is 3.12. The fraction of sp³-hybridized carbons (Fsp3) is 0.353. The summed E-state index contributed by atoms with van der Waals surface area (Å²) in [6.07, 6.45) is 3.64. The molecule has 2 rings (SSSR count). The maximum Gasteiger partial charge on any atom is 0.233 e. The number of aromatic nitrogens is 2. The molecular formula is C17H20N4OS. The normalized spacial score (nSPS) is 10.3. The number of hydrogen-bond donors (Lipinski definition) is 0. The van der Waals surface area contributed by atoms with E-state index < -0.39 is 0 Å². The van der Waals surface area contributed by atoms with Gasteiger partial charge in [0.05, 0.1) is 17.5 Å². The lowest BCUT2D eigenvalue weighted by molar-refractivity contribution is -0.127. The van der Waals surface area contributed by atoms with Crippen LogP contribution in [0.3, 0.4) is 0 Å². The summed E-state index contributed by atoms with van der Waals surface area (Å²) in [5.74, 6) is 0.228. The Morgan fingerprint density at radius 3 is 2.91 bits per heavy atom. The summed E-state index contributed by atoms with van der Waals surface area (Å²) in [6.45, 7) is 6.69. The fourth-order valence-electron chi connectivity index (χ4n) is 2.26. The van der Waals surface area contributed by atoms with Gasteiger partial charge in [0.15, 0.2) is 5.16 Å². The number of aryl methyl sites for hydroxylation is 1. The van der Waals surface area contributed by atoms with Crippen molar-refractivity contribution in [3.8, 4) is 11.8 Å². The van der Waals surface area contributed by atoms with Crippen molar-refractivity contribution in [1.82, 2.24) is 14.5 Å². The van der Waals surface area contributed by atoms with E-state index in [2.05, 4.69) is 24.9 Å². The van der Waals surface area contributed by atoms with Crippen LogP contribution in [0.1, 0.15) is 18.1 Å². The number of amides is 1. The monoisotopic (exact) mass is 328 g/mol. The second-order valence-corrected chi connectivity index (χ2v) is 6.10. The maximum atomic E-state index is 12.1. The van der Waals surface area contributed by atoms with Crippen LogP contribution in [-0.2, 0) is 4.79 Å².